The first kappa shape index (κ1) is 20.2. The molecule has 1 aliphatic carbocycles. The van der Waals surface area contributed by atoms with Gasteiger partial charge in [0.25, 0.3) is 0 Å². The Labute approximate surface area is 167 Å². The average Bonchev–Trinajstić information content (AvgIpc) is 3.49. The first-order chi connectivity index (χ1) is 13.3. The molecule has 1 atom stereocenters. The highest BCUT2D eigenvalue weighted by Crippen LogP contribution is 2.32. The van der Waals surface area contributed by atoms with Gasteiger partial charge in [0.2, 0.25) is 5.91 Å². The van der Waals surface area contributed by atoms with Crippen LogP contribution in [0.15, 0.2) is 24.3 Å². The Morgan fingerprint density at radius 1 is 1.25 bits per heavy atom. The minimum absolute atomic E-state index is 0.0866. The van der Waals surface area contributed by atoms with Crippen molar-refractivity contribution in [3.05, 3.63) is 35.4 Å². The third-order valence-corrected chi connectivity index (χ3v) is 5.17. The molecule has 0 spiro atoms. The number of likely N-dealkylation sites (tertiary alicyclic amines) is 1. The van der Waals surface area contributed by atoms with E-state index in [1.807, 2.05) is 43.9 Å². The van der Waals surface area contributed by atoms with E-state index in [0.717, 1.165) is 31.2 Å². The third-order valence-electron chi connectivity index (χ3n) is 5.17. The molecule has 0 aromatic heterocycles. The Morgan fingerprint density at radius 3 is 2.61 bits per heavy atom. The number of rotatable bonds is 4. The maximum Gasteiger partial charge on any atom is 0.410 e. The molecule has 1 aliphatic heterocycles. The second-order valence-electron chi connectivity index (χ2n) is 8.73. The van der Waals surface area contributed by atoms with Crippen LogP contribution in [0.1, 0.15) is 57.6 Å². The van der Waals surface area contributed by atoms with Crippen molar-refractivity contribution in [2.45, 2.75) is 64.6 Å². The Hall–Kier alpha value is -2.55. The molecule has 6 heteroatoms. The van der Waals surface area contributed by atoms with Crippen LogP contribution >= 0.6 is 0 Å². The van der Waals surface area contributed by atoms with Crippen molar-refractivity contribution < 1.29 is 14.3 Å². The van der Waals surface area contributed by atoms with Gasteiger partial charge in [-0.25, -0.2) is 4.79 Å². The number of amides is 2. The fourth-order valence-electron chi connectivity index (χ4n) is 3.63. The standard InChI is InChI=1S/C22H29N3O3/c1-22(2,3)28-21(27)24-12-6-9-18(14-24)20(26)25(19-10-11-19)15-17-8-5-4-7-16(17)13-23/h4-5,7-8,18-19H,6,9-12,14-15H2,1-3H3. The lowest BCUT2D eigenvalue weighted by atomic mass is 9.96. The molecular weight excluding hydrogens is 354 g/mol. The average molecular weight is 383 g/mol. The lowest BCUT2D eigenvalue weighted by molar-refractivity contribution is -0.138. The molecule has 1 aromatic carbocycles. The summed E-state index contributed by atoms with van der Waals surface area (Å²) in [6.07, 6.45) is 3.23. The van der Waals surface area contributed by atoms with E-state index >= 15 is 0 Å². The minimum Gasteiger partial charge on any atom is -0.444 e. The monoisotopic (exact) mass is 383 g/mol. The number of ether oxygens (including phenoxy) is 1. The zero-order chi connectivity index (χ0) is 20.3. The van der Waals surface area contributed by atoms with Gasteiger partial charge in [0.15, 0.2) is 0 Å². The van der Waals surface area contributed by atoms with Gasteiger partial charge in [-0.3, -0.25) is 4.79 Å². The van der Waals surface area contributed by atoms with E-state index in [1.165, 1.54) is 0 Å². The van der Waals surface area contributed by atoms with Crippen LogP contribution in [0.4, 0.5) is 4.79 Å². The van der Waals surface area contributed by atoms with Crippen LogP contribution in [-0.2, 0) is 16.1 Å². The second-order valence-corrected chi connectivity index (χ2v) is 8.73. The molecule has 0 N–H and O–H groups in total. The summed E-state index contributed by atoms with van der Waals surface area (Å²) in [5, 5.41) is 9.35. The molecule has 1 aromatic rings. The SMILES string of the molecule is CC(C)(C)OC(=O)N1CCCC(C(=O)N(Cc2ccccc2C#N)C2CC2)C1. The highest BCUT2D eigenvalue weighted by atomic mass is 16.6. The number of hydrogen-bond acceptors (Lipinski definition) is 4. The van der Waals surface area contributed by atoms with E-state index in [-0.39, 0.29) is 24.0 Å². The van der Waals surface area contributed by atoms with Gasteiger partial charge in [0.05, 0.1) is 17.6 Å². The lowest BCUT2D eigenvalue weighted by Gasteiger charge is -2.36. The molecule has 1 saturated carbocycles. The number of piperidine rings is 1. The number of nitrogens with zero attached hydrogens (tertiary/aromatic N) is 3. The van der Waals surface area contributed by atoms with Gasteiger partial charge in [0.1, 0.15) is 5.60 Å². The summed E-state index contributed by atoms with van der Waals surface area (Å²) in [7, 11) is 0. The molecule has 0 bridgehead atoms. The summed E-state index contributed by atoms with van der Waals surface area (Å²) in [5.41, 5.74) is 0.944. The topological polar surface area (TPSA) is 73.6 Å². The Balaban J connectivity index is 1.69. The molecule has 2 aliphatic rings. The second kappa shape index (κ2) is 8.22. The first-order valence-electron chi connectivity index (χ1n) is 10.0. The van der Waals surface area contributed by atoms with Crippen LogP contribution in [0.25, 0.3) is 0 Å². The molecule has 6 nitrogen and oxygen atoms in total. The first-order valence-corrected chi connectivity index (χ1v) is 10.0. The van der Waals surface area contributed by atoms with Crippen molar-refractivity contribution in [2.75, 3.05) is 13.1 Å². The van der Waals surface area contributed by atoms with Gasteiger partial charge in [-0.1, -0.05) is 18.2 Å². The van der Waals surface area contributed by atoms with Gasteiger partial charge < -0.3 is 14.5 Å². The van der Waals surface area contributed by atoms with Gasteiger partial charge in [-0.2, -0.15) is 5.26 Å². The third kappa shape index (κ3) is 5.03. The molecule has 1 saturated heterocycles. The quantitative estimate of drug-likeness (QED) is 0.795. The van der Waals surface area contributed by atoms with Crippen molar-refractivity contribution in [1.82, 2.24) is 9.80 Å². The van der Waals surface area contributed by atoms with Crippen LogP contribution in [0.5, 0.6) is 0 Å². The van der Waals surface area contributed by atoms with Gasteiger partial charge >= 0.3 is 6.09 Å². The largest absolute Gasteiger partial charge is 0.444 e. The van der Waals surface area contributed by atoms with Gasteiger partial charge in [0, 0.05) is 25.7 Å². The molecular formula is C22H29N3O3. The van der Waals surface area contributed by atoms with Crippen molar-refractivity contribution in [3.63, 3.8) is 0 Å². The van der Waals surface area contributed by atoms with E-state index in [0.29, 0.717) is 25.2 Å². The summed E-state index contributed by atoms with van der Waals surface area (Å²) in [4.78, 5) is 29.3. The summed E-state index contributed by atoms with van der Waals surface area (Å²) in [6.45, 7) is 7.02. The van der Waals surface area contributed by atoms with E-state index in [4.69, 9.17) is 4.74 Å². The fourth-order valence-corrected chi connectivity index (χ4v) is 3.63. The lowest BCUT2D eigenvalue weighted by Crippen LogP contribution is -2.48. The number of nitriles is 1. The van der Waals surface area contributed by atoms with E-state index in [9.17, 15) is 14.9 Å². The van der Waals surface area contributed by atoms with Crippen LogP contribution < -0.4 is 0 Å². The molecule has 2 fully saturated rings. The predicted octanol–water partition coefficient (Wildman–Crippen LogP) is 3.70. The van der Waals surface area contributed by atoms with Crippen LogP contribution in [0, 0.1) is 17.2 Å². The molecule has 0 radical (unpaired) electrons. The Morgan fingerprint density at radius 2 is 1.96 bits per heavy atom. The van der Waals surface area contributed by atoms with Crippen molar-refractivity contribution in [2.24, 2.45) is 5.92 Å². The van der Waals surface area contributed by atoms with Gasteiger partial charge in [-0.05, 0) is 58.1 Å². The highest BCUT2D eigenvalue weighted by molar-refractivity contribution is 5.81. The van der Waals surface area contributed by atoms with Gasteiger partial charge in [-0.15, -0.1) is 0 Å². The normalized spacial score (nSPS) is 19.6. The van der Waals surface area contributed by atoms with Crippen LogP contribution in [0.3, 0.4) is 0 Å². The Kier molecular flexibility index (Phi) is 5.93. The predicted molar refractivity (Wildman–Crippen MR) is 105 cm³/mol. The Bertz CT molecular complexity index is 774. The number of carbonyl (C=O) groups is 2. The molecule has 2 amide bonds. The summed E-state index contributed by atoms with van der Waals surface area (Å²) >= 11 is 0. The number of benzene rings is 1. The molecule has 1 heterocycles. The highest BCUT2D eigenvalue weighted by Gasteiger charge is 2.38. The summed E-state index contributed by atoms with van der Waals surface area (Å²) < 4.78 is 5.48. The summed E-state index contributed by atoms with van der Waals surface area (Å²) in [6, 6.07) is 9.90. The molecule has 3 rings (SSSR count). The van der Waals surface area contributed by atoms with Crippen molar-refractivity contribution in [3.8, 4) is 6.07 Å². The number of carbonyl (C=O) groups excluding carboxylic acids is 2. The van der Waals surface area contributed by atoms with E-state index in [2.05, 4.69) is 6.07 Å². The van der Waals surface area contributed by atoms with Crippen LogP contribution in [-0.4, -0.2) is 46.5 Å². The zero-order valence-electron chi connectivity index (χ0n) is 17.0. The van der Waals surface area contributed by atoms with Crippen molar-refractivity contribution in [1.29, 1.82) is 5.26 Å². The van der Waals surface area contributed by atoms with E-state index in [1.54, 1.807) is 11.0 Å². The van der Waals surface area contributed by atoms with Crippen molar-refractivity contribution >= 4 is 12.0 Å². The number of hydrogen-bond donors (Lipinski definition) is 0. The maximum absolute atomic E-state index is 13.3. The maximum atomic E-state index is 13.3. The smallest absolute Gasteiger partial charge is 0.410 e. The molecule has 28 heavy (non-hydrogen) atoms. The molecule has 150 valence electrons. The fraction of sp³-hybridized carbons (Fsp3) is 0.591. The van der Waals surface area contributed by atoms with Crippen LogP contribution in [0.2, 0.25) is 0 Å². The van der Waals surface area contributed by atoms with E-state index < -0.39 is 5.60 Å². The molecule has 1 unspecified atom stereocenters. The summed E-state index contributed by atoms with van der Waals surface area (Å²) in [5.74, 6) is -0.125. The zero-order valence-corrected chi connectivity index (χ0v) is 17.0. The minimum atomic E-state index is -0.547.